The number of anilines is 1. The number of nitrogens with one attached hydrogen (secondary N) is 2. The number of primary amides is 1. The summed E-state index contributed by atoms with van der Waals surface area (Å²) in [6, 6.07) is 7.49. The van der Waals surface area contributed by atoms with E-state index in [0.717, 1.165) is 30.0 Å². The van der Waals surface area contributed by atoms with Gasteiger partial charge in [0.15, 0.2) is 0 Å². The maximum absolute atomic E-state index is 12.6. The van der Waals surface area contributed by atoms with Crippen molar-refractivity contribution in [2.45, 2.75) is 24.7 Å². The van der Waals surface area contributed by atoms with Crippen LogP contribution in [0.25, 0.3) is 0 Å². The summed E-state index contributed by atoms with van der Waals surface area (Å²) in [6.45, 7) is 3.63. The van der Waals surface area contributed by atoms with Crippen LogP contribution >= 0.6 is 11.8 Å². The molecule has 2 rings (SSSR count). The number of thioether (sulfide) groups is 1. The van der Waals surface area contributed by atoms with Crippen LogP contribution in [0.15, 0.2) is 29.2 Å². The minimum atomic E-state index is -0.369. The van der Waals surface area contributed by atoms with E-state index < -0.39 is 0 Å². The smallest absolute Gasteiger partial charge is 0.231 e. The molecule has 2 amide bonds. The molecule has 1 aromatic rings. The molecule has 4 N–H and O–H groups in total. The van der Waals surface area contributed by atoms with E-state index in [1.807, 2.05) is 31.2 Å². The van der Waals surface area contributed by atoms with Gasteiger partial charge in [0.05, 0.1) is 16.9 Å². The van der Waals surface area contributed by atoms with E-state index in [1.165, 1.54) is 11.8 Å². The van der Waals surface area contributed by atoms with Crippen LogP contribution in [0.1, 0.15) is 19.8 Å². The minimum absolute atomic E-state index is 0.0436. The topological polar surface area (TPSA) is 84.2 Å². The summed E-state index contributed by atoms with van der Waals surface area (Å²) < 4.78 is 0. The zero-order valence-corrected chi connectivity index (χ0v) is 13.0. The predicted molar refractivity (Wildman–Crippen MR) is 85.2 cm³/mol. The molecule has 1 heterocycles. The van der Waals surface area contributed by atoms with Gasteiger partial charge in [-0.3, -0.25) is 9.59 Å². The van der Waals surface area contributed by atoms with Crippen LogP contribution in [0.5, 0.6) is 0 Å². The van der Waals surface area contributed by atoms with Crippen LogP contribution in [0.2, 0.25) is 0 Å². The van der Waals surface area contributed by atoms with Gasteiger partial charge < -0.3 is 16.4 Å². The highest BCUT2D eigenvalue weighted by molar-refractivity contribution is 8.00. The van der Waals surface area contributed by atoms with Crippen molar-refractivity contribution in [3.63, 3.8) is 0 Å². The van der Waals surface area contributed by atoms with Gasteiger partial charge in [-0.15, -0.1) is 11.8 Å². The fourth-order valence-corrected chi connectivity index (χ4v) is 3.25. The fraction of sp³-hybridized carbons (Fsp3) is 0.467. The molecule has 1 fully saturated rings. The van der Waals surface area contributed by atoms with Crippen LogP contribution < -0.4 is 16.4 Å². The highest BCUT2D eigenvalue weighted by Crippen LogP contribution is 2.33. The van der Waals surface area contributed by atoms with Gasteiger partial charge in [-0.2, -0.15) is 0 Å². The molecule has 0 aliphatic carbocycles. The zero-order valence-electron chi connectivity index (χ0n) is 12.1. The molecule has 1 aromatic carbocycles. The summed E-state index contributed by atoms with van der Waals surface area (Å²) in [5.74, 6) is -0.124. The largest absolute Gasteiger partial charge is 0.369 e. The van der Waals surface area contributed by atoms with Gasteiger partial charge in [0.1, 0.15) is 0 Å². The van der Waals surface area contributed by atoms with Crippen molar-refractivity contribution in [1.29, 1.82) is 0 Å². The van der Waals surface area contributed by atoms with Gasteiger partial charge in [-0.05, 0) is 31.5 Å². The van der Waals surface area contributed by atoms with Crippen molar-refractivity contribution in [3.05, 3.63) is 24.3 Å². The third-order valence-electron chi connectivity index (χ3n) is 3.91. The van der Waals surface area contributed by atoms with E-state index in [9.17, 15) is 9.59 Å². The van der Waals surface area contributed by atoms with Gasteiger partial charge in [0, 0.05) is 11.4 Å². The first-order valence-corrected chi connectivity index (χ1v) is 8.08. The molecule has 21 heavy (non-hydrogen) atoms. The Hall–Kier alpha value is -1.53. The first kappa shape index (κ1) is 15.9. The minimum Gasteiger partial charge on any atom is -0.369 e. The highest BCUT2D eigenvalue weighted by atomic mass is 32.2. The Bertz CT molecular complexity index is 527. The zero-order chi connectivity index (χ0) is 15.3. The molecule has 1 aliphatic heterocycles. The van der Waals surface area contributed by atoms with Crippen molar-refractivity contribution in [2.75, 3.05) is 24.2 Å². The Morgan fingerprint density at radius 1 is 1.43 bits per heavy atom. The summed E-state index contributed by atoms with van der Waals surface area (Å²) in [6.07, 6.45) is 1.66. The molecule has 0 radical (unpaired) electrons. The van der Waals surface area contributed by atoms with Crippen molar-refractivity contribution in [3.8, 4) is 0 Å². The van der Waals surface area contributed by atoms with Gasteiger partial charge in [-0.1, -0.05) is 19.1 Å². The molecule has 0 aromatic heterocycles. The maximum Gasteiger partial charge on any atom is 0.231 e. The Morgan fingerprint density at radius 3 is 2.81 bits per heavy atom. The molecular weight excluding hydrogens is 286 g/mol. The van der Waals surface area contributed by atoms with E-state index in [1.54, 1.807) is 0 Å². The van der Waals surface area contributed by atoms with Crippen LogP contribution in [-0.2, 0) is 9.59 Å². The molecule has 1 unspecified atom stereocenters. The van der Waals surface area contributed by atoms with E-state index in [4.69, 9.17) is 5.73 Å². The lowest BCUT2D eigenvalue weighted by Crippen LogP contribution is -2.37. The molecular formula is C15H21N3O2S. The van der Waals surface area contributed by atoms with Crippen molar-refractivity contribution < 1.29 is 9.59 Å². The lowest BCUT2D eigenvalue weighted by molar-refractivity contribution is -0.124. The van der Waals surface area contributed by atoms with Crippen molar-refractivity contribution in [1.82, 2.24) is 5.32 Å². The normalized spacial score (nSPS) is 21.2. The number of benzene rings is 1. The molecule has 0 saturated carbocycles. The highest BCUT2D eigenvalue weighted by Gasteiger charge is 2.39. The fourth-order valence-electron chi connectivity index (χ4n) is 2.50. The van der Waals surface area contributed by atoms with E-state index in [2.05, 4.69) is 10.6 Å². The Morgan fingerprint density at radius 2 is 2.19 bits per heavy atom. The number of nitrogens with two attached hydrogens (primary N) is 1. The van der Waals surface area contributed by atoms with Crippen LogP contribution in [0, 0.1) is 5.41 Å². The summed E-state index contributed by atoms with van der Waals surface area (Å²) in [7, 11) is 0. The van der Waals surface area contributed by atoms with E-state index in [0.29, 0.717) is 6.54 Å². The van der Waals surface area contributed by atoms with Gasteiger partial charge in [-0.25, -0.2) is 0 Å². The summed E-state index contributed by atoms with van der Waals surface area (Å²) in [4.78, 5) is 24.4. The molecule has 0 spiro atoms. The van der Waals surface area contributed by atoms with Crippen LogP contribution in [-0.4, -0.2) is 30.7 Å². The Balaban J connectivity index is 2.11. The van der Waals surface area contributed by atoms with Crippen molar-refractivity contribution in [2.24, 2.45) is 11.1 Å². The third-order valence-corrected chi connectivity index (χ3v) is 5.00. The second-order valence-electron chi connectivity index (χ2n) is 5.27. The average molecular weight is 307 g/mol. The Labute approximate surface area is 129 Å². The van der Waals surface area contributed by atoms with Crippen LogP contribution in [0.4, 0.5) is 5.69 Å². The van der Waals surface area contributed by atoms with Gasteiger partial charge >= 0.3 is 0 Å². The van der Waals surface area contributed by atoms with E-state index >= 15 is 0 Å². The molecule has 0 bridgehead atoms. The second-order valence-corrected chi connectivity index (χ2v) is 6.28. The molecule has 1 atom stereocenters. The lowest BCUT2D eigenvalue weighted by atomic mass is 9.83. The SMILES string of the molecule is CCC1(C(=O)Nc2ccccc2SCC(N)=O)CCNC1. The number of rotatable bonds is 6. The standard InChI is InChI=1S/C15H21N3O2S/c1-2-15(7-8-17-10-15)14(20)18-11-5-3-4-6-12(11)21-9-13(16)19/h3-6,17H,2,7-10H2,1H3,(H2,16,19)(H,18,20). The number of carbonyl (C=O) groups is 2. The maximum atomic E-state index is 12.6. The molecule has 5 nitrogen and oxygen atoms in total. The van der Waals surface area contributed by atoms with Crippen LogP contribution in [0.3, 0.4) is 0 Å². The molecule has 114 valence electrons. The van der Waals surface area contributed by atoms with Gasteiger partial charge in [0.2, 0.25) is 11.8 Å². The summed E-state index contributed by atoms with van der Waals surface area (Å²) in [5.41, 5.74) is 5.59. The number of carbonyl (C=O) groups excluding carboxylic acids is 2. The summed E-state index contributed by atoms with van der Waals surface area (Å²) in [5, 5.41) is 6.27. The average Bonchev–Trinajstić information content (AvgIpc) is 2.96. The number of amides is 2. The number of para-hydroxylation sites is 1. The monoisotopic (exact) mass is 307 g/mol. The van der Waals surface area contributed by atoms with Crippen molar-refractivity contribution >= 4 is 29.3 Å². The predicted octanol–water partition coefficient (Wildman–Crippen LogP) is 1.59. The second kappa shape index (κ2) is 6.95. The number of hydrogen-bond donors (Lipinski definition) is 3. The summed E-state index contributed by atoms with van der Waals surface area (Å²) >= 11 is 1.34. The Kier molecular flexibility index (Phi) is 5.25. The quantitative estimate of drug-likeness (QED) is 0.697. The first-order chi connectivity index (χ1) is 10.1. The molecule has 6 heteroatoms. The lowest BCUT2D eigenvalue weighted by Gasteiger charge is -2.25. The first-order valence-electron chi connectivity index (χ1n) is 7.10. The van der Waals surface area contributed by atoms with E-state index in [-0.39, 0.29) is 23.0 Å². The number of hydrogen-bond acceptors (Lipinski definition) is 4. The third kappa shape index (κ3) is 3.77. The molecule has 1 saturated heterocycles. The van der Waals surface area contributed by atoms with Gasteiger partial charge in [0.25, 0.3) is 0 Å². The molecule has 1 aliphatic rings.